The third-order valence-corrected chi connectivity index (χ3v) is 6.17. The average Bonchev–Trinajstić information content (AvgIpc) is 2.51. The topological polar surface area (TPSA) is 60.0 Å². The van der Waals surface area contributed by atoms with Gasteiger partial charge < -0.3 is 23.5 Å². The number of nitrogens with one attached hydrogen (secondary N) is 1. The number of nitrogens with zero attached hydrogens (tertiary/aromatic N) is 1. The summed E-state index contributed by atoms with van der Waals surface area (Å²) in [4.78, 5) is 13.6. The van der Waals surface area contributed by atoms with Crippen LogP contribution in [0.5, 0.6) is 0 Å². The van der Waals surface area contributed by atoms with Gasteiger partial charge in [-0.2, -0.15) is 0 Å². The molecule has 22 heavy (non-hydrogen) atoms. The van der Waals surface area contributed by atoms with Crippen LogP contribution in [-0.2, 0) is 13.3 Å². The molecule has 0 aromatic rings. The molecule has 0 aliphatic carbocycles. The lowest BCUT2D eigenvalue weighted by molar-refractivity contribution is 0.0755. The monoisotopic (exact) mass is 332 g/mol. The largest absolute Gasteiger partial charge is 0.501 e. The summed E-state index contributed by atoms with van der Waals surface area (Å²) in [6.07, 6.45) is 2.46. The second kappa shape index (κ2) is 12.6. The van der Waals surface area contributed by atoms with E-state index in [1.807, 2.05) is 27.7 Å². The molecule has 130 valence electrons. The molecule has 0 atom stereocenters. The van der Waals surface area contributed by atoms with Crippen molar-refractivity contribution in [1.29, 1.82) is 0 Å². The Kier molecular flexibility index (Phi) is 12.1. The normalized spacial score (nSPS) is 11.3. The summed E-state index contributed by atoms with van der Waals surface area (Å²) in [5.41, 5.74) is 0. The maximum absolute atomic E-state index is 11.9. The lowest BCUT2D eigenvalue weighted by Crippen LogP contribution is -2.47. The molecule has 0 aromatic carbocycles. The summed E-state index contributed by atoms with van der Waals surface area (Å²) in [5, 5.41) is 2.92. The van der Waals surface area contributed by atoms with Crippen LogP contribution in [0, 0.1) is 0 Å². The molecule has 0 spiro atoms. The Hall–Kier alpha value is -0.893. The fourth-order valence-electron chi connectivity index (χ4n) is 2.09. The summed E-state index contributed by atoms with van der Waals surface area (Å²) < 4.78 is 17.4. The fourth-order valence-corrected chi connectivity index (χ4v) is 4.63. The quantitative estimate of drug-likeness (QED) is 0.320. The molecule has 0 saturated heterocycles. The van der Waals surface area contributed by atoms with Crippen LogP contribution in [0.4, 0.5) is 4.79 Å². The lowest BCUT2D eigenvalue weighted by atomic mass is 10.4. The van der Waals surface area contributed by atoms with Gasteiger partial charge in [-0.1, -0.05) is 6.08 Å². The van der Waals surface area contributed by atoms with Crippen molar-refractivity contribution < 1.29 is 18.1 Å². The van der Waals surface area contributed by atoms with Crippen LogP contribution in [0.15, 0.2) is 12.7 Å². The SMILES string of the molecule is C=CCO[Si](CCCNC(=O)N(CC)CC)(OCC)OCC. The molecule has 1 N–H and O–H groups in total. The molecule has 0 aromatic heterocycles. The summed E-state index contributed by atoms with van der Waals surface area (Å²) >= 11 is 0. The first-order valence-electron chi connectivity index (χ1n) is 8.14. The second-order valence-electron chi connectivity index (χ2n) is 4.66. The molecule has 0 saturated carbocycles. The number of urea groups is 1. The van der Waals surface area contributed by atoms with Gasteiger partial charge in [-0.3, -0.25) is 0 Å². The van der Waals surface area contributed by atoms with Crippen LogP contribution in [0.3, 0.4) is 0 Å². The molecule has 0 unspecified atom stereocenters. The summed E-state index contributed by atoms with van der Waals surface area (Å²) in [6.45, 7) is 15.0. The van der Waals surface area contributed by atoms with E-state index in [-0.39, 0.29) is 6.03 Å². The zero-order valence-electron chi connectivity index (χ0n) is 14.5. The fraction of sp³-hybridized carbons (Fsp3) is 0.800. The number of hydrogen-bond acceptors (Lipinski definition) is 4. The average molecular weight is 333 g/mol. The van der Waals surface area contributed by atoms with Crippen molar-refractivity contribution in [2.75, 3.05) is 39.5 Å². The second-order valence-corrected chi connectivity index (χ2v) is 7.39. The van der Waals surface area contributed by atoms with Crippen LogP contribution in [-0.4, -0.2) is 59.2 Å². The standard InChI is InChI=1S/C15H32N2O4Si/c1-6-13-21-22(19-9-4,20-10-5)14-11-12-16-15(18)17(7-2)8-3/h6H,1,7-14H2,2-5H3,(H,16,18). The van der Waals surface area contributed by atoms with Gasteiger partial charge in [-0.05, 0) is 34.1 Å². The van der Waals surface area contributed by atoms with Crippen LogP contribution < -0.4 is 5.32 Å². The Morgan fingerprint density at radius 2 is 1.73 bits per heavy atom. The maximum atomic E-state index is 11.9. The lowest BCUT2D eigenvalue weighted by Gasteiger charge is -2.28. The van der Waals surface area contributed by atoms with Crippen molar-refractivity contribution >= 4 is 14.8 Å². The highest BCUT2D eigenvalue weighted by Gasteiger charge is 2.39. The summed E-state index contributed by atoms with van der Waals surface area (Å²) in [7, 11) is -2.67. The molecule has 0 aliphatic rings. The molecule has 0 bridgehead atoms. The van der Waals surface area contributed by atoms with Crippen LogP contribution in [0.1, 0.15) is 34.1 Å². The molecule has 0 rings (SSSR count). The van der Waals surface area contributed by atoms with E-state index in [9.17, 15) is 4.79 Å². The van der Waals surface area contributed by atoms with Crippen LogP contribution >= 0.6 is 0 Å². The van der Waals surface area contributed by atoms with E-state index in [4.69, 9.17) is 13.3 Å². The molecular formula is C15H32N2O4Si. The highest BCUT2D eigenvalue weighted by molar-refractivity contribution is 6.60. The predicted molar refractivity (Wildman–Crippen MR) is 90.9 cm³/mol. The maximum Gasteiger partial charge on any atom is 0.501 e. The molecule has 0 fully saturated rings. The number of rotatable bonds is 13. The van der Waals surface area contributed by atoms with Crippen molar-refractivity contribution in [3.8, 4) is 0 Å². The summed E-state index contributed by atoms with van der Waals surface area (Å²) in [5.74, 6) is 0. The zero-order chi connectivity index (χ0) is 16.8. The van der Waals surface area contributed by atoms with E-state index < -0.39 is 8.80 Å². The molecular weight excluding hydrogens is 300 g/mol. The van der Waals surface area contributed by atoms with Gasteiger partial charge in [0, 0.05) is 38.9 Å². The minimum absolute atomic E-state index is 0.0305. The summed E-state index contributed by atoms with van der Waals surface area (Å²) in [6, 6.07) is 0.651. The number of hydrogen-bond donors (Lipinski definition) is 1. The first kappa shape index (κ1) is 21.1. The van der Waals surface area contributed by atoms with Gasteiger partial charge in [0.1, 0.15) is 0 Å². The predicted octanol–water partition coefficient (Wildman–Crippen LogP) is 2.64. The van der Waals surface area contributed by atoms with Gasteiger partial charge in [-0.15, -0.1) is 6.58 Å². The van der Waals surface area contributed by atoms with Gasteiger partial charge in [0.2, 0.25) is 0 Å². The number of carbonyl (C=O) groups is 1. The first-order chi connectivity index (χ1) is 10.6. The Bertz CT molecular complexity index is 306. The first-order valence-corrected chi connectivity index (χ1v) is 10.1. The van der Waals surface area contributed by atoms with E-state index in [2.05, 4.69) is 11.9 Å². The highest BCUT2D eigenvalue weighted by atomic mass is 28.4. The molecule has 6 nitrogen and oxygen atoms in total. The van der Waals surface area contributed by atoms with Gasteiger partial charge in [0.15, 0.2) is 0 Å². The van der Waals surface area contributed by atoms with Gasteiger partial charge in [0.25, 0.3) is 0 Å². The minimum Gasteiger partial charge on any atom is -0.374 e. The molecule has 0 heterocycles. The number of carbonyl (C=O) groups excluding carboxylic acids is 1. The Labute approximate surface area is 136 Å². The smallest absolute Gasteiger partial charge is 0.374 e. The van der Waals surface area contributed by atoms with E-state index in [1.165, 1.54) is 0 Å². The van der Waals surface area contributed by atoms with E-state index in [0.717, 1.165) is 6.42 Å². The van der Waals surface area contributed by atoms with Gasteiger partial charge in [-0.25, -0.2) is 4.79 Å². The van der Waals surface area contributed by atoms with Gasteiger partial charge >= 0.3 is 14.8 Å². The minimum atomic E-state index is -2.67. The van der Waals surface area contributed by atoms with E-state index in [1.54, 1.807) is 11.0 Å². The Morgan fingerprint density at radius 3 is 2.18 bits per heavy atom. The van der Waals surface area contributed by atoms with Crippen molar-refractivity contribution in [1.82, 2.24) is 10.2 Å². The van der Waals surface area contributed by atoms with Crippen molar-refractivity contribution in [2.45, 2.75) is 40.2 Å². The molecule has 7 heteroatoms. The highest BCUT2D eigenvalue weighted by Crippen LogP contribution is 2.18. The van der Waals surface area contributed by atoms with Crippen LogP contribution in [0.25, 0.3) is 0 Å². The van der Waals surface area contributed by atoms with E-state index in [0.29, 0.717) is 45.5 Å². The third kappa shape index (κ3) is 7.93. The number of amides is 2. The Morgan fingerprint density at radius 1 is 1.14 bits per heavy atom. The van der Waals surface area contributed by atoms with E-state index >= 15 is 0 Å². The van der Waals surface area contributed by atoms with Crippen molar-refractivity contribution in [3.05, 3.63) is 12.7 Å². The molecule has 2 amide bonds. The molecule has 0 radical (unpaired) electrons. The third-order valence-electron chi connectivity index (χ3n) is 3.14. The molecule has 0 aliphatic heterocycles. The van der Waals surface area contributed by atoms with Crippen LogP contribution in [0.2, 0.25) is 6.04 Å². The van der Waals surface area contributed by atoms with Crippen molar-refractivity contribution in [3.63, 3.8) is 0 Å². The van der Waals surface area contributed by atoms with Gasteiger partial charge in [0.05, 0.1) is 6.61 Å². The Balaban J connectivity index is 4.37. The van der Waals surface area contributed by atoms with Crippen molar-refractivity contribution in [2.24, 2.45) is 0 Å². The zero-order valence-corrected chi connectivity index (χ0v) is 15.5.